The van der Waals surface area contributed by atoms with E-state index in [4.69, 9.17) is 0 Å². The first-order valence-corrected chi connectivity index (χ1v) is 7.83. The first-order valence-electron chi connectivity index (χ1n) is 7.04. The van der Waals surface area contributed by atoms with E-state index >= 15 is 0 Å². The number of halogens is 1. The summed E-state index contributed by atoms with van der Waals surface area (Å²) < 4.78 is 1.20. The Morgan fingerprint density at radius 3 is 2.78 bits per heavy atom. The molecular formula is C16H24BrN. The zero-order valence-corrected chi connectivity index (χ0v) is 13.3. The van der Waals surface area contributed by atoms with Crippen LogP contribution >= 0.6 is 15.9 Å². The van der Waals surface area contributed by atoms with E-state index in [1.54, 1.807) is 0 Å². The molecule has 0 saturated heterocycles. The zero-order chi connectivity index (χ0) is 13.2. The molecule has 0 radical (unpaired) electrons. The van der Waals surface area contributed by atoms with E-state index in [0.29, 0.717) is 11.5 Å². The van der Waals surface area contributed by atoms with Crippen LogP contribution in [-0.2, 0) is 5.41 Å². The molecule has 0 aliphatic heterocycles. The maximum Gasteiger partial charge on any atom is 0.0178 e. The van der Waals surface area contributed by atoms with Crippen molar-refractivity contribution in [2.24, 2.45) is 5.92 Å². The molecule has 2 rings (SSSR count). The quantitative estimate of drug-likeness (QED) is 0.863. The van der Waals surface area contributed by atoms with Crippen molar-refractivity contribution in [3.05, 3.63) is 34.3 Å². The van der Waals surface area contributed by atoms with Crippen LogP contribution in [0.25, 0.3) is 0 Å². The lowest BCUT2D eigenvalue weighted by Crippen LogP contribution is -2.42. The third-order valence-corrected chi connectivity index (χ3v) is 4.92. The molecule has 1 nitrogen and oxygen atoms in total. The van der Waals surface area contributed by atoms with Gasteiger partial charge in [-0.25, -0.2) is 0 Å². The summed E-state index contributed by atoms with van der Waals surface area (Å²) >= 11 is 3.61. The average molecular weight is 310 g/mol. The van der Waals surface area contributed by atoms with E-state index in [1.165, 1.54) is 29.3 Å². The summed E-state index contributed by atoms with van der Waals surface area (Å²) in [5.41, 5.74) is 1.82. The highest BCUT2D eigenvalue weighted by molar-refractivity contribution is 9.10. The smallest absolute Gasteiger partial charge is 0.0178 e. The minimum absolute atomic E-state index is 0.327. The molecule has 0 heterocycles. The Morgan fingerprint density at radius 2 is 2.22 bits per heavy atom. The monoisotopic (exact) mass is 309 g/mol. The van der Waals surface area contributed by atoms with Gasteiger partial charge in [0.25, 0.3) is 0 Å². The highest BCUT2D eigenvalue weighted by Crippen LogP contribution is 2.45. The van der Waals surface area contributed by atoms with E-state index in [-0.39, 0.29) is 0 Å². The molecule has 1 aromatic rings. The van der Waals surface area contributed by atoms with Crippen LogP contribution in [0.2, 0.25) is 0 Å². The van der Waals surface area contributed by atoms with Crippen LogP contribution in [0.4, 0.5) is 0 Å². The van der Waals surface area contributed by atoms with Crippen molar-refractivity contribution in [1.29, 1.82) is 0 Å². The minimum Gasteiger partial charge on any atom is -0.314 e. The van der Waals surface area contributed by atoms with Crippen LogP contribution in [0.5, 0.6) is 0 Å². The van der Waals surface area contributed by atoms with Crippen LogP contribution in [0.1, 0.15) is 45.6 Å². The Morgan fingerprint density at radius 1 is 1.44 bits per heavy atom. The molecule has 0 spiro atoms. The average Bonchev–Trinajstić information content (AvgIpc) is 2.69. The van der Waals surface area contributed by atoms with Crippen molar-refractivity contribution < 1.29 is 0 Å². The molecule has 1 saturated carbocycles. The molecule has 2 atom stereocenters. The van der Waals surface area contributed by atoms with E-state index in [2.05, 4.69) is 66.3 Å². The Bertz CT molecular complexity index is 402. The summed E-state index contributed by atoms with van der Waals surface area (Å²) in [6.07, 6.45) is 4.02. The van der Waals surface area contributed by atoms with Crippen LogP contribution in [-0.4, -0.2) is 12.6 Å². The summed E-state index contributed by atoms with van der Waals surface area (Å²) in [6, 6.07) is 9.45. The van der Waals surface area contributed by atoms with Gasteiger partial charge >= 0.3 is 0 Å². The summed E-state index contributed by atoms with van der Waals surface area (Å²) in [7, 11) is 0. The van der Waals surface area contributed by atoms with Crippen LogP contribution in [0.15, 0.2) is 28.7 Å². The number of benzene rings is 1. The Kier molecular flexibility index (Phi) is 4.50. The minimum atomic E-state index is 0.327. The van der Waals surface area contributed by atoms with E-state index in [9.17, 15) is 0 Å². The van der Waals surface area contributed by atoms with Gasteiger partial charge in [0, 0.05) is 22.5 Å². The second kappa shape index (κ2) is 5.75. The third-order valence-electron chi connectivity index (χ3n) is 4.43. The van der Waals surface area contributed by atoms with Gasteiger partial charge in [0.05, 0.1) is 0 Å². The van der Waals surface area contributed by atoms with Gasteiger partial charge in [-0.05, 0) is 36.5 Å². The second-order valence-electron chi connectivity index (χ2n) is 6.00. The lowest BCUT2D eigenvalue weighted by Gasteiger charge is -2.36. The van der Waals surface area contributed by atoms with Gasteiger partial charge in [-0.2, -0.15) is 0 Å². The topological polar surface area (TPSA) is 12.0 Å². The number of hydrogen-bond acceptors (Lipinski definition) is 1. The summed E-state index contributed by atoms with van der Waals surface area (Å²) in [5.74, 6) is 0.762. The molecule has 100 valence electrons. The number of rotatable bonds is 4. The Labute approximate surface area is 119 Å². The van der Waals surface area contributed by atoms with Crippen molar-refractivity contribution in [2.45, 2.75) is 51.5 Å². The van der Waals surface area contributed by atoms with Crippen molar-refractivity contribution in [1.82, 2.24) is 5.32 Å². The fraction of sp³-hybridized carbons (Fsp3) is 0.625. The molecule has 1 aromatic carbocycles. The van der Waals surface area contributed by atoms with Crippen molar-refractivity contribution in [3.8, 4) is 0 Å². The van der Waals surface area contributed by atoms with E-state index < -0.39 is 0 Å². The molecule has 2 heteroatoms. The normalized spacial score (nSPS) is 27.9. The second-order valence-corrected chi connectivity index (χ2v) is 6.91. The molecule has 0 bridgehead atoms. The molecule has 0 aromatic heterocycles. The summed E-state index contributed by atoms with van der Waals surface area (Å²) in [4.78, 5) is 0. The maximum atomic E-state index is 3.66. The summed E-state index contributed by atoms with van der Waals surface area (Å²) in [6.45, 7) is 7.97. The standard InChI is InChI=1S/C16H24BrN/c1-12(2)18-11-16(9-5-6-13(16)3)14-7-4-8-15(17)10-14/h4,7-8,10,12-13,18H,5-6,9,11H2,1-3H3. The zero-order valence-electron chi connectivity index (χ0n) is 11.7. The lowest BCUT2D eigenvalue weighted by molar-refractivity contribution is 0.308. The molecule has 1 N–H and O–H groups in total. The van der Waals surface area contributed by atoms with Crippen molar-refractivity contribution in [2.75, 3.05) is 6.54 Å². The molecule has 1 aliphatic carbocycles. The van der Waals surface area contributed by atoms with Gasteiger partial charge in [0.2, 0.25) is 0 Å². The first-order chi connectivity index (χ1) is 8.54. The fourth-order valence-electron chi connectivity index (χ4n) is 3.22. The number of nitrogens with one attached hydrogen (secondary N) is 1. The first kappa shape index (κ1) is 14.1. The van der Waals surface area contributed by atoms with Crippen molar-refractivity contribution >= 4 is 15.9 Å². The van der Waals surface area contributed by atoms with Gasteiger partial charge in [0.15, 0.2) is 0 Å². The number of hydrogen-bond donors (Lipinski definition) is 1. The van der Waals surface area contributed by atoms with Gasteiger partial charge in [-0.3, -0.25) is 0 Å². The van der Waals surface area contributed by atoms with Gasteiger partial charge in [0.1, 0.15) is 0 Å². The molecule has 1 aliphatic rings. The molecule has 2 unspecified atom stereocenters. The molecular weight excluding hydrogens is 286 g/mol. The predicted molar refractivity (Wildman–Crippen MR) is 82.0 cm³/mol. The maximum absolute atomic E-state index is 3.66. The SMILES string of the molecule is CC(C)NCC1(c2cccc(Br)c2)CCCC1C. The van der Waals surface area contributed by atoms with Gasteiger partial charge < -0.3 is 5.32 Å². The van der Waals surface area contributed by atoms with Gasteiger partial charge in [-0.1, -0.05) is 55.3 Å². The van der Waals surface area contributed by atoms with Crippen molar-refractivity contribution in [3.63, 3.8) is 0 Å². The van der Waals surface area contributed by atoms with E-state index in [1.807, 2.05) is 0 Å². The molecule has 1 fully saturated rings. The third kappa shape index (κ3) is 2.80. The predicted octanol–water partition coefficient (Wildman–Crippen LogP) is 4.50. The largest absolute Gasteiger partial charge is 0.314 e. The lowest BCUT2D eigenvalue weighted by atomic mass is 9.73. The summed E-state index contributed by atoms with van der Waals surface area (Å²) in [5, 5.41) is 3.66. The van der Waals surface area contributed by atoms with Crippen LogP contribution in [0, 0.1) is 5.92 Å². The van der Waals surface area contributed by atoms with Gasteiger partial charge in [-0.15, -0.1) is 0 Å². The van der Waals surface area contributed by atoms with Crippen LogP contribution < -0.4 is 5.32 Å². The molecule has 0 amide bonds. The fourth-order valence-corrected chi connectivity index (χ4v) is 3.62. The Balaban J connectivity index is 2.30. The molecule has 18 heavy (non-hydrogen) atoms. The Hall–Kier alpha value is -0.340. The highest BCUT2D eigenvalue weighted by atomic mass is 79.9. The highest BCUT2D eigenvalue weighted by Gasteiger charge is 2.41. The van der Waals surface area contributed by atoms with Crippen LogP contribution in [0.3, 0.4) is 0 Å². The van der Waals surface area contributed by atoms with E-state index in [0.717, 1.165) is 12.5 Å².